The predicted molar refractivity (Wildman–Crippen MR) is 144 cm³/mol. The highest BCUT2D eigenvalue weighted by molar-refractivity contribution is 8.02. The third-order valence-corrected chi connectivity index (χ3v) is 10.3. The maximum Gasteiger partial charge on any atom is 0.251 e. The molecule has 1 spiro atoms. The Morgan fingerprint density at radius 2 is 1.97 bits per heavy atom. The zero-order valence-electron chi connectivity index (χ0n) is 21.0. The molecule has 0 saturated carbocycles. The number of thioether (sulfide) groups is 1. The maximum absolute atomic E-state index is 14.5. The molecule has 3 unspecified atom stereocenters. The highest BCUT2D eigenvalue weighted by Gasteiger charge is 2.76. The molecule has 0 aromatic heterocycles. The van der Waals surface area contributed by atoms with Crippen molar-refractivity contribution in [3.05, 3.63) is 54.1 Å². The van der Waals surface area contributed by atoms with Crippen molar-refractivity contribution in [2.24, 2.45) is 17.8 Å². The Hall–Kier alpha value is -2.29. The van der Waals surface area contributed by atoms with Crippen LogP contribution in [0.5, 0.6) is 0 Å². The van der Waals surface area contributed by atoms with Gasteiger partial charge in [-0.15, -0.1) is 24.9 Å². The van der Waals surface area contributed by atoms with Crippen LogP contribution < -0.4 is 4.90 Å². The Bertz CT molecular complexity index is 1080. The highest BCUT2D eigenvalue weighted by atomic mass is 35.5. The van der Waals surface area contributed by atoms with Gasteiger partial charge in [0.2, 0.25) is 11.8 Å². The van der Waals surface area contributed by atoms with E-state index in [-0.39, 0.29) is 48.6 Å². The summed E-state index contributed by atoms with van der Waals surface area (Å²) >= 11 is 8.19. The molecular formula is C27H34ClN3O4S. The second kappa shape index (κ2) is 10.2. The number of aryl methyl sites for hydroxylation is 1. The van der Waals surface area contributed by atoms with Crippen LogP contribution in [0.4, 0.5) is 5.69 Å². The minimum atomic E-state index is -0.828. The fourth-order valence-corrected chi connectivity index (χ4v) is 9.23. The van der Waals surface area contributed by atoms with E-state index < -0.39 is 22.6 Å². The van der Waals surface area contributed by atoms with Crippen molar-refractivity contribution in [2.75, 3.05) is 38.2 Å². The molecule has 3 aliphatic heterocycles. The van der Waals surface area contributed by atoms with Crippen LogP contribution in [0.1, 0.15) is 18.9 Å². The van der Waals surface area contributed by atoms with E-state index in [1.54, 1.807) is 46.8 Å². The monoisotopic (exact) mass is 531 g/mol. The molecule has 36 heavy (non-hydrogen) atoms. The van der Waals surface area contributed by atoms with Gasteiger partial charge in [0.25, 0.3) is 5.91 Å². The molecule has 1 aromatic rings. The van der Waals surface area contributed by atoms with E-state index >= 15 is 0 Å². The third kappa shape index (κ3) is 3.89. The molecular weight excluding hydrogens is 498 g/mol. The zero-order chi connectivity index (χ0) is 26.4. The molecule has 194 valence electrons. The molecule has 2 bridgehead atoms. The largest absolute Gasteiger partial charge is 0.395 e. The van der Waals surface area contributed by atoms with Gasteiger partial charge in [-0.1, -0.05) is 42.8 Å². The summed E-state index contributed by atoms with van der Waals surface area (Å²) in [4.78, 5) is 46.7. The second-order valence-electron chi connectivity index (χ2n) is 9.96. The van der Waals surface area contributed by atoms with Gasteiger partial charge in [-0.3, -0.25) is 14.4 Å². The first kappa shape index (κ1) is 26.8. The number of aliphatic hydroxyl groups is 1. The van der Waals surface area contributed by atoms with Crippen molar-refractivity contribution in [3.63, 3.8) is 0 Å². The van der Waals surface area contributed by atoms with Crippen molar-refractivity contribution in [3.8, 4) is 0 Å². The molecule has 7 nitrogen and oxygen atoms in total. The zero-order valence-corrected chi connectivity index (χ0v) is 22.6. The number of anilines is 1. The summed E-state index contributed by atoms with van der Waals surface area (Å²) in [5, 5.41) is 10.3. The van der Waals surface area contributed by atoms with Crippen LogP contribution in [0.15, 0.2) is 43.5 Å². The number of carbonyl (C=O) groups is 3. The lowest BCUT2D eigenvalue weighted by molar-refractivity contribution is -0.143. The number of rotatable bonds is 9. The van der Waals surface area contributed by atoms with E-state index in [0.29, 0.717) is 17.3 Å². The van der Waals surface area contributed by atoms with Crippen LogP contribution in [0.25, 0.3) is 0 Å². The number of nitrogens with zero attached hydrogens (tertiary/aromatic N) is 3. The van der Waals surface area contributed by atoms with E-state index in [4.69, 9.17) is 11.6 Å². The van der Waals surface area contributed by atoms with Crippen LogP contribution in [0, 0.1) is 24.7 Å². The number of amides is 3. The van der Waals surface area contributed by atoms with Gasteiger partial charge in [-0.2, -0.15) is 0 Å². The SMILES string of the molecule is C=CCN(C)C(=O)[C@@H]1[C@@H]2CC(C)C3(S2)C(C(=O)N(CC=C)c2c(C)cccc2Cl)N(CCO)C(=O)[C@H]13. The van der Waals surface area contributed by atoms with Gasteiger partial charge in [0.1, 0.15) is 6.04 Å². The average Bonchev–Trinajstić information content (AvgIpc) is 3.42. The van der Waals surface area contributed by atoms with Crippen molar-refractivity contribution in [1.29, 1.82) is 0 Å². The molecule has 3 amide bonds. The first-order valence-electron chi connectivity index (χ1n) is 12.3. The average molecular weight is 532 g/mol. The topological polar surface area (TPSA) is 81.2 Å². The smallest absolute Gasteiger partial charge is 0.251 e. The molecule has 0 aliphatic carbocycles. The van der Waals surface area contributed by atoms with Gasteiger partial charge in [0.15, 0.2) is 0 Å². The number of fused-ring (bicyclic) bond motifs is 1. The Morgan fingerprint density at radius 3 is 2.58 bits per heavy atom. The Kier molecular flexibility index (Phi) is 7.60. The quantitative estimate of drug-likeness (QED) is 0.495. The summed E-state index contributed by atoms with van der Waals surface area (Å²) in [6, 6.07) is 4.63. The van der Waals surface area contributed by atoms with Crippen LogP contribution in [-0.2, 0) is 14.4 Å². The fraction of sp³-hybridized carbons (Fsp3) is 0.519. The first-order chi connectivity index (χ1) is 17.1. The summed E-state index contributed by atoms with van der Waals surface area (Å²) in [7, 11) is 1.72. The number of likely N-dealkylation sites (N-methyl/N-ethyl adjacent to an activating group) is 1. The lowest BCUT2D eigenvalue weighted by Crippen LogP contribution is -2.58. The van der Waals surface area contributed by atoms with E-state index in [9.17, 15) is 19.5 Å². The molecule has 1 aromatic carbocycles. The summed E-state index contributed by atoms with van der Waals surface area (Å²) in [5.74, 6) is -1.70. The molecule has 1 N–H and O–H groups in total. The van der Waals surface area contributed by atoms with Crippen molar-refractivity contribution < 1.29 is 19.5 Å². The normalized spacial score (nSPS) is 30.3. The summed E-state index contributed by atoms with van der Waals surface area (Å²) in [5.41, 5.74) is 1.42. The van der Waals surface area contributed by atoms with Gasteiger partial charge < -0.3 is 19.8 Å². The number of aliphatic hydroxyl groups excluding tert-OH is 1. The van der Waals surface area contributed by atoms with Crippen LogP contribution in [0.3, 0.4) is 0 Å². The molecule has 4 rings (SSSR count). The van der Waals surface area contributed by atoms with Gasteiger partial charge in [0.05, 0.1) is 33.9 Å². The van der Waals surface area contributed by atoms with Gasteiger partial charge in [0, 0.05) is 31.9 Å². The Balaban J connectivity index is 1.83. The number of likely N-dealkylation sites (tertiary alicyclic amines) is 1. The second-order valence-corrected chi connectivity index (χ2v) is 11.9. The van der Waals surface area contributed by atoms with Gasteiger partial charge in [-0.25, -0.2) is 0 Å². The number of carbonyl (C=O) groups excluding carboxylic acids is 3. The predicted octanol–water partition coefficient (Wildman–Crippen LogP) is 3.14. The Labute approximate surface area is 222 Å². The van der Waals surface area contributed by atoms with E-state index in [2.05, 4.69) is 20.1 Å². The standard InChI is InChI=1S/C27H34ClN3O4S/c1-6-11-29(5)24(33)20-19-15-17(4)27(36-19)21(20)25(34)31(13-14-32)23(27)26(35)30(12-7-2)22-16(3)9-8-10-18(22)28/h6-10,17,19-21,23,32H,1-2,11-15H2,3-5H3/t17?,19-,20+,21-,23?,27?/m0/s1. The fourth-order valence-electron chi connectivity index (χ4n) is 6.50. The third-order valence-electron chi connectivity index (χ3n) is 7.92. The molecule has 9 heteroatoms. The molecule has 0 radical (unpaired) electrons. The van der Waals surface area contributed by atoms with E-state index in [1.165, 1.54) is 4.90 Å². The molecule has 3 fully saturated rings. The minimum absolute atomic E-state index is 0.0261. The number of hydrogen-bond donors (Lipinski definition) is 1. The van der Waals surface area contributed by atoms with Crippen molar-refractivity contribution in [2.45, 2.75) is 36.3 Å². The number of halogens is 1. The molecule has 3 saturated heterocycles. The summed E-state index contributed by atoms with van der Waals surface area (Å²) in [6.45, 7) is 11.9. The number of benzene rings is 1. The molecule has 3 aliphatic rings. The van der Waals surface area contributed by atoms with Crippen LogP contribution >= 0.6 is 23.4 Å². The molecule has 6 atom stereocenters. The van der Waals surface area contributed by atoms with Crippen molar-refractivity contribution >= 4 is 46.8 Å². The van der Waals surface area contributed by atoms with E-state index in [1.807, 2.05) is 19.1 Å². The highest BCUT2D eigenvalue weighted by Crippen LogP contribution is 2.68. The summed E-state index contributed by atoms with van der Waals surface area (Å²) < 4.78 is -0.766. The minimum Gasteiger partial charge on any atom is -0.395 e. The number of para-hydroxylation sites is 1. The Morgan fingerprint density at radius 1 is 1.28 bits per heavy atom. The lowest BCUT2D eigenvalue weighted by Gasteiger charge is -2.41. The number of β-amino-alcohol motifs (C(OH)–C–C–N with tert-alkyl or cyclic N) is 1. The maximum atomic E-state index is 14.5. The summed E-state index contributed by atoms with van der Waals surface area (Å²) in [6.07, 6.45) is 4.05. The van der Waals surface area contributed by atoms with Gasteiger partial charge >= 0.3 is 0 Å². The first-order valence-corrected chi connectivity index (χ1v) is 13.5. The van der Waals surface area contributed by atoms with Crippen molar-refractivity contribution in [1.82, 2.24) is 9.80 Å². The number of hydrogen-bond acceptors (Lipinski definition) is 5. The van der Waals surface area contributed by atoms with Crippen LogP contribution in [-0.4, -0.2) is 82.0 Å². The molecule has 3 heterocycles. The van der Waals surface area contributed by atoms with Crippen LogP contribution in [0.2, 0.25) is 5.02 Å². The van der Waals surface area contributed by atoms with E-state index in [0.717, 1.165) is 12.0 Å². The van der Waals surface area contributed by atoms with Gasteiger partial charge in [-0.05, 0) is 30.9 Å². The lowest BCUT2D eigenvalue weighted by atomic mass is 9.65.